The lowest BCUT2D eigenvalue weighted by molar-refractivity contribution is 0.189. The number of aryl methyl sites for hydroxylation is 1. The van der Waals surface area contributed by atoms with Crippen LogP contribution >= 0.6 is 7.37 Å². The molecule has 0 N–H and O–H groups in total. The number of hydrogen-bond donors (Lipinski definition) is 0. The zero-order valence-electron chi connectivity index (χ0n) is 17.2. The van der Waals surface area contributed by atoms with E-state index in [0.717, 1.165) is 36.2 Å². The number of benzene rings is 3. The van der Waals surface area contributed by atoms with Gasteiger partial charge in [-0.2, -0.15) is 0 Å². The number of pyridine rings is 1. The number of nitrogens with zero attached hydrogens (tertiary/aromatic N) is 1. The molecule has 1 atom stereocenters. The van der Waals surface area contributed by atoms with Crippen molar-refractivity contribution in [3.63, 3.8) is 0 Å². The third kappa shape index (κ3) is 3.99. The van der Waals surface area contributed by atoms with Gasteiger partial charge < -0.3 is 4.52 Å². The van der Waals surface area contributed by atoms with Gasteiger partial charge in [-0.15, -0.1) is 0 Å². The highest BCUT2D eigenvalue weighted by molar-refractivity contribution is 7.74. The van der Waals surface area contributed by atoms with Gasteiger partial charge >= 0.3 is 0 Å². The lowest BCUT2D eigenvalue weighted by atomic mass is 9.93. The van der Waals surface area contributed by atoms with Crippen molar-refractivity contribution in [1.82, 2.24) is 4.98 Å². The molecule has 0 fully saturated rings. The van der Waals surface area contributed by atoms with Crippen molar-refractivity contribution in [2.45, 2.75) is 25.4 Å². The fourth-order valence-electron chi connectivity index (χ4n) is 4.18. The molecule has 0 saturated heterocycles. The van der Waals surface area contributed by atoms with Gasteiger partial charge in [0.15, 0.2) is 0 Å². The van der Waals surface area contributed by atoms with Crippen LogP contribution in [0.15, 0.2) is 103 Å². The molecule has 154 valence electrons. The Labute approximate surface area is 183 Å². The minimum absolute atomic E-state index is 0.307. The van der Waals surface area contributed by atoms with Gasteiger partial charge in [-0.3, -0.25) is 4.57 Å². The third-order valence-corrected chi connectivity index (χ3v) is 8.27. The van der Waals surface area contributed by atoms with Gasteiger partial charge in [0.25, 0.3) is 7.37 Å². The summed E-state index contributed by atoms with van der Waals surface area (Å²) in [5, 5.41) is 1.43. The van der Waals surface area contributed by atoms with Crippen LogP contribution in [0, 0.1) is 0 Å². The molecule has 31 heavy (non-hydrogen) atoms. The van der Waals surface area contributed by atoms with Gasteiger partial charge in [0.1, 0.15) is 6.10 Å². The van der Waals surface area contributed by atoms with Gasteiger partial charge in [-0.05, 0) is 55.2 Å². The first kappa shape index (κ1) is 19.9. The van der Waals surface area contributed by atoms with Crippen LogP contribution in [-0.2, 0) is 15.5 Å². The van der Waals surface area contributed by atoms with E-state index in [1.807, 2.05) is 78.9 Å². The van der Waals surface area contributed by atoms with Crippen LogP contribution in [0.3, 0.4) is 0 Å². The molecule has 0 bridgehead atoms. The third-order valence-electron chi connectivity index (χ3n) is 5.77. The number of fused-ring (bicyclic) bond motifs is 1. The Kier molecular flexibility index (Phi) is 5.55. The molecular formula is C27H24NO2P. The number of aromatic nitrogens is 1. The number of rotatable bonds is 5. The van der Waals surface area contributed by atoms with E-state index in [4.69, 9.17) is 9.51 Å². The fraction of sp³-hybridized carbons (Fsp3) is 0.148. The van der Waals surface area contributed by atoms with Gasteiger partial charge in [-0.25, -0.2) is 4.98 Å². The SMILES string of the molecule is O=P(O[C@@H]1CCCc2ccc(-c3ccccc3)nc21)(c1ccccc1)c1ccccc1. The summed E-state index contributed by atoms with van der Waals surface area (Å²) in [5.74, 6) is 0. The van der Waals surface area contributed by atoms with E-state index in [2.05, 4.69) is 24.3 Å². The van der Waals surface area contributed by atoms with Crippen molar-refractivity contribution in [2.75, 3.05) is 0 Å². The Morgan fingerprint density at radius 3 is 1.94 bits per heavy atom. The molecule has 4 aromatic rings. The lowest BCUT2D eigenvalue weighted by Crippen LogP contribution is -2.22. The predicted molar refractivity (Wildman–Crippen MR) is 126 cm³/mol. The molecule has 0 saturated carbocycles. The van der Waals surface area contributed by atoms with Crippen LogP contribution in [0.25, 0.3) is 11.3 Å². The van der Waals surface area contributed by atoms with E-state index in [0.29, 0.717) is 10.6 Å². The predicted octanol–water partition coefficient (Wildman–Crippen LogP) is 6.07. The van der Waals surface area contributed by atoms with E-state index in [9.17, 15) is 4.57 Å². The molecule has 1 aliphatic carbocycles. The topological polar surface area (TPSA) is 39.2 Å². The van der Waals surface area contributed by atoms with Crippen LogP contribution in [0.1, 0.15) is 30.2 Å². The molecule has 4 heteroatoms. The highest BCUT2D eigenvalue weighted by Crippen LogP contribution is 2.51. The summed E-state index contributed by atoms with van der Waals surface area (Å²) in [7, 11) is -3.28. The van der Waals surface area contributed by atoms with Crippen LogP contribution in [0.4, 0.5) is 0 Å². The second kappa shape index (κ2) is 8.63. The smallest absolute Gasteiger partial charge is 0.261 e. The summed E-state index contributed by atoms with van der Waals surface area (Å²) in [5.41, 5.74) is 4.09. The Morgan fingerprint density at radius 2 is 1.32 bits per heavy atom. The number of hydrogen-bond acceptors (Lipinski definition) is 3. The van der Waals surface area contributed by atoms with Crippen molar-refractivity contribution in [3.8, 4) is 11.3 Å². The minimum atomic E-state index is -3.28. The molecule has 0 unspecified atom stereocenters. The van der Waals surface area contributed by atoms with Crippen molar-refractivity contribution >= 4 is 18.0 Å². The van der Waals surface area contributed by atoms with Gasteiger partial charge in [0.2, 0.25) is 0 Å². The summed E-state index contributed by atoms with van der Waals surface area (Å²) >= 11 is 0. The lowest BCUT2D eigenvalue weighted by Gasteiger charge is -2.29. The summed E-state index contributed by atoms with van der Waals surface area (Å²) in [6, 6.07) is 33.5. The molecule has 0 aliphatic heterocycles. The van der Waals surface area contributed by atoms with Gasteiger partial charge in [0.05, 0.1) is 11.4 Å². The zero-order valence-corrected chi connectivity index (χ0v) is 18.1. The quantitative estimate of drug-likeness (QED) is 0.364. The first-order valence-electron chi connectivity index (χ1n) is 10.7. The van der Waals surface area contributed by atoms with Crippen molar-refractivity contribution in [1.29, 1.82) is 0 Å². The molecule has 1 aromatic heterocycles. The van der Waals surface area contributed by atoms with E-state index in [1.54, 1.807) is 0 Å². The molecule has 5 rings (SSSR count). The van der Waals surface area contributed by atoms with E-state index in [-0.39, 0.29) is 6.10 Å². The molecule has 1 heterocycles. The molecule has 0 amide bonds. The summed E-state index contributed by atoms with van der Waals surface area (Å²) < 4.78 is 21.0. The van der Waals surface area contributed by atoms with Crippen LogP contribution in [-0.4, -0.2) is 4.98 Å². The Morgan fingerprint density at radius 1 is 0.742 bits per heavy atom. The van der Waals surface area contributed by atoms with E-state index < -0.39 is 7.37 Å². The summed E-state index contributed by atoms with van der Waals surface area (Å²) in [6.07, 6.45) is 2.46. The molecule has 3 nitrogen and oxygen atoms in total. The zero-order chi connectivity index (χ0) is 21.1. The monoisotopic (exact) mass is 425 g/mol. The summed E-state index contributed by atoms with van der Waals surface area (Å²) in [4.78, 5) is 4.99. The maximum absolute atomic E-state index is 14.4. The molecule has 3 aromatic carbocycles. The largest absolute Gasteiger partial charge is 0.312 e. The van der Waals surface area contributed by atoms with Crippen molar-refractivity contribution in [2.24, 2.45) is 0 Å². The van der Waals surface area contributed by atoms with Crippen LogP contribution < -0.4 is 10.6 Å². The maximum Gasteiger partial charge on any atom is 0.261 e. The summed E-state index contributed by atoms with van der Waals surface area (Å²) in [6.45, 7) is 0. The standard InChI is InChI=1S/C27H24NO2P/c29-31(23-14-6-2-7-15-23,24-16-8-3-9-17-24)30-26-18-10-13-22-19-20-25(28-27(22)26)21-11-4-1-5-12-21/h1-9,11-12,14-17,19-20,26H,10,13,18H2/t26-/m1/s1. The van der Waals surface area contributed by atoms with Crippen LogP contribution in [0.5, 0.6) is 0 Å². The second-order valence-corrected chi connectivity index (χ2v) is 10.2. The molecule has 0 radical (unpaired) electrons. The van der Waals surface area contributed by atoms with Gasteiger partial charge in [0, 0.05) is 16.2 Å². The maximum atomic E-state index is 14.4. The second-order valence-electron chi connectivity index (χ2n) is 7.82. The average Bonchev–Trinajstić information content (AvgIpc) is 2.85. The normalized spacial score (nSPS) is 15.9. The van der Waals surface area contributed by atoms with E-state index >= 15 is 0 Å². The van der Waals surface area contributed by atoms with Crippen molar-refractivity contribution < 1.29 is 9.09 Å². The molecule has 1 aliphatic rings. The highest BCUT2D eigenvalue weighted by Gasteiger charge is 2.35. The van der Waals surface area contributed by atoms with Crippen molar-refractivity contribution in [3.05, 3.63) is 114 Å². The van der Waals surface area contributed by atoms with E-state index in [1.165, 1.54) is 5.56 Å². The molecular weight excluding hydrogens is 401 g/mol. The highest BCUT2D eigenvalue weighted by atomic mass is 31.2. The Hall–Kier alpha value is -3.00. The molecule has 0 spiro atoms. The fourth-order valence-corrected chi connectivity index (χ4v) is 6.41. The van der Waals surface area contributed by atoms with Gasteiger partial charge in [-0.1, -0.05) is 72.8 Å². The Bertz CT molecular complexity index is 1170. The first-order valence-corrected chi connectivity index (χ1v) is 12.3. The van der Waals surface area contributed by atoms with Crippen LogP contribution in [0.2, 0.25) is 0 Å². The Balaban J connectivity index is 1.57. The minimum Gasteiger partial charge on any atom is -0.312 e. The first-order chi connectivity index (χ1) is 15.2. The average molecular weight is 425 g/mol.